The Morgan fingerprint density at radius 3 is 3.18 bits per heavy atom. The second kappa shape index (κ2) is 4.43. The number of nitrogens with two attached hydrogens (primary N) is 1. The van der Waals surface area contributed by atoms with Crippen LogP contribution in [0.1, 0.15) is 10.7 Å². The van der Waals surface area contributed by atoms with Crippen molar-refractivity contribution in [1.29, 1.82) is 0 Å². The van der Waals surface area contributed by atoms with Crippen LogP contribution in [-0.2, 0) is 17.8 Å². The van der Waals surface area contributed by atoms with Crippen LogP contribution in [0.25, 0.3) is 0 Å². The number of nitrogens with zero attached hydrogens (tertiary/aromatic N) is 1. The molecule has 0 atom stereocenters. The van der Waals surface area contributed by atoms with Gasteiger partial charge >= 0.3 is 0 Å². The Balaban J connectivity index is 2.51. The molecule has 11 heavy (non-hydrogen) atoms. The number of aromatic nitrogens is 1. The van der Waals surface area contributed by atoms with Crippen LogP contribution in [0.4, 0.5) is 0 Å². The highest BCUT2D eigenvalue weighted by Gasteiger charge is 1.99. The fraction of sp³-hybridized carbons (Fsp3) is 0.571. The molecule has 2 N–H and O–H groups in total. The van der Waals surface area contributed by atoms with Gasteiger partial charge in [0.05, 0.1) is 12.3 Å². The molecule has 0 saturated heterocycles. The van der Waals surface area contributed by atoms with Gasteiger partial charge in [0.2, 0.25) is 0 Å². The molecule has 0 saturated carbocycles. The third-order valence-corrected chi connectivity index (χ3v) is 2.14. The van der Waals surface area contributed by atoms with Crippen LogP contribution in [0.5, 0.6) is 0 Å². The maximum atomic E-state index is 5.38. The molecule has 62 valence electrons. The van der Waals surface area contributed by atoms with E-state index in [0.717, 1.165) is 17.1 Å². The average Bonchev–Trinajstić information content (AvgIpc) is 2.38. The van der Waals surface area contributed by atoms with Gasteiger partial charge in [-0.05, 0) is 6.54 Å². The lowest BCUT2D eigenvalue weighted by Crippen LogP contribution is -2.02. The minimum Gasteiger partial charge on any atom is -0.378 e. The highest BCUT2D eigenvalue weighted by molar-refractivity contribution is 7.09. The fourth-order valence-electron chi connectivity index (χ4n) is 0.801. The lowest BCUT2D eigenvalue weighted by molar-refractivity contribution is 0.184. The van der Waals surface area contributed by atoms with Gasteiger partial charge in [-0.3, -0.25) is 0 Å². The summed E-state index contributed by atoms with van der Waals surface area (Å²) in [5.41, 5.74) is 6.45. The Hall–Kier alpha value is -0.450. The Bertz CT molecular complexity index is 191. The molecule has 0 unspecified atom stereocenters. The first kappa shape index (κ1) is 8.64. The maximum Gasteiger partial charge on any atom is 0.119 e. The predicted molar refractivity (Wildman–Crippen MR) is 45.6 cm³/mol. The molecule has 0 aliphatic heterocycles. The first-order chi connectivity index (χ1) is 5.36. The van der Waals surface area contributed by atoms with Crippen molar-refractivity contribution in [1.82, 2.24) is 4.98 Å². The van der Waals surface area contributed by atoms with Crippen LogP contribution < -0.4 is 5.73 Å². The Kier molecular flexibility index (Phi) is 3.48. The van der Waals surface area contributed by atoms with Crippen molar-refractivity contribution < 1.29 is 4.74 Å². The number of hydrogen-bond donors (Lipinski definition) is 1. The first-order valence-electron chi connectivity index (χ1n) is 3.49. The van der Waals surface area contributed by atoms with E-state index in [9.17, 15) is 0 Å². The van der Waals surface area contributed by atoms with Gasteiger partial charge < -0.3 is 10.5 Å². The standard InChI is InChI=1S/C7H12N2OS/c1-10-4-7-9-6(2-3-8)5-11-7/h5H,2-4,8H2,1H3. The van der Waals surface area contributed by atoms with Gasteiger partial charge in [0.15, 0.2) is 0 Å². The number of rotatable bonds is 4. The van der Waals surface area contributed by atoms with Gasteiger partial charge in [0.25, 0.3) is 0 Å². The topological polar surface area (TPSA) is 48.1 Å². The van der Waals surface area contributed by atoms with Gasteiger partial charge in [-0.25, -0.2) is 4.98 Å². The summed E-state index contributed by atoms with van der Waals surface area (Å²) in [4.78, 5) is 4.30. The summed E-state index contributed by atoms with van der Waals surface area (Å²) in [7, 11) is 1.67. The molecule has 4 heteroatoms. The Labute approximate surface area is 70.2 Å². The maximum absolute atomic E-state index is 5.38. The normalized spacial score (nSPS) is 10.4. The summed E-state index contributed by atoms with van der Waals surface area (Å²) in [6.45, 7) is 1.27. The van der Waals surface area contributed by atoms with Crippen LogP contribution in [0, 0.1) is 0 Å². The number of ether oxygens (including phenoxy) is 1. The summed E-state index contributed by atoms with van der Waals surface area (Å²) in [5, 5.41) is 3.05. The first-order valence-corrected chi connectivity index (χ1v) is 4.37. The van der Waals surface area contributed by atoms with Crippen LogP contribution in [0.3, 0.4) is 0 Å². The van der Waals surface area contributed by atoms with Gasteiger partial charge in [-0.15, -0.1) is 11.3 Å². The molecular weight excluding hydrogens is 160 g/mol. The number of hydrogen-bond acceptors (Lipinski definition) is 4. The highest BCUT2D eigenvalue weighted by atomic mass is 32.1. The quantitative estimate of drug-likeness (QED) is 0.730. The summed E-state index contributed by atoms with van der Waals surface area (Å²) < 4.78 is 4.94. The molecule has 0 aliphatic rings. The van der Waals surface area contributed by atoms with Crippen LogP contribution in [-0.4, -0.2) is 18.6 Å². The van der Waals surface area contributed by atoms with E-state index in [4.69, 9.17) is 10.5 Å². The van der Waals surface area contributed by atoms with Gasteiger partial charge in [-0.1, -0.05) is 0 Å². The van der Waals surface area contributed by atoms with E-state index >= 15 is 0 Å². The summed E-state index contributed by atoms with van der Waals surface area (Å²) in [5.74, 6) is 0. The molecule has 1 heterocycles. The van der Waals surface area contributed by atoms with E-state index in [1.54, 1.807) is 18.4 Å². The SMILES string of the molecule is COCc1nc(CCN)cs1. The molecular formula is C7H12N2OS. The van der Waals surface area contributed by atoms with Crippen LogP contribution in [0.15, 0.2) is 5.38 Å². The minimum absolute atomic E-state index is 0.606. The second-order valence-electron chi connectivity index (χ2n) is 2.20. The largest absolute Gasteiger partial charge is 0.378 e. The summed E-state index contributed by atoms with van der Waals surface area (Å²) in [6, 6.07) is 0. The molecule has 0 bridgehead atoms. The van der Waals surface area contributed by atoms with Crippen molar-refractivity contribution >= 4 is 11.3 Å². The molecule has 0 aromatic carbocycles. The van der Waals surface area contributed by atoms with Crippen LogP contribution >= 0.6 is 11.3 Å². The summed E-state index contributed by atoms with van der Waals surface area (Å²) >= 11 is 1.62. The molecule has 0 amide bonds. The minimum atomic E-state index is 0.606. The molecule has 1 aromatic rings. The molecule has 1 aromatic heterocycles. The van der Waals surface area contributed by atoms with Crippen molar-refractivity contribution in [2.45, 2.75) is 13.0 Å². The molecule has 0 aliphatic carbocycles. The van der Waals surface area contributed by atoms with E-state index in [0.29, 0.717) is 13.2 Å². The molecule has 3 nitrogen and oxygen atoms in total. The third-order valence-electron chi connectivity index (χ3n) is 1.27. The third kappa shape index (κ3) is 2.57. The van der Waals surface area contributed by atoms with Crippen molar-refractivity contribution in [2.75, 3.05) is 13.7 Å². The molecule has 1 rings (SSSR count). The average molecular weight is 172 g/mol. The molecule has 0 radical (unpaired) electrons. The fourth-order valence-corrected chi connectivity index (χ4v) is 1.60. The van der Waals surface area contributed by atoms with Gasteiger partial charge in [0.1, 0.15) is 5.01 Å². The van der Waals surface area contributed by atoms with Gasteiger partial charge in [-0.2, -0.15) is 0 Å². The Morgan fingerprint density at radius 2 is 2.55 bits per heavy atom. The molecule has 0 fully saturated rings. The number of thiazole rings is 1. The van der Waals surface area contributed by atoms with Crippen molar-refractivity contribution in [3.8, 4) is 0 Å². The zero-order valence-corrected chi connectivity index (χ0v) is 7.36. The van der Waals surface area contributed by atoms with Crippen molar-refractivity contribution in [3.05, 3.63) is 16.1 Å². The summed E-state index contributed by atoms with van der Waals surface area (Å²) in [6.07, 6.45) is 0.861. The molecule has 0 spiro atoms. The second-order valence-corrected chi connectivity index (χ2v) is 3.15. The van der Waals surface area contributed by atoms with Crippen LogP contribution in [0.2, 0.25) is 0 Å². The lowest BCUT2D eigenvalue weighted by Gasteiger charge is -1.91. The zero-order chi connectivity index (χ0) is 8.10. The van der Waals surface area contributed by atoms with E-state index in [1.807, 2.05) is 5.38 Å². The van der Waals surface area contributed by atoms with Crippen molar-refractivity contribution in [3.63, 3.8) is 0 Å². The predicted octanol–water partition coefficient (Wildman–Crippen LogP) is 0.791. The van der Waals surface area contributed by atoms with E-state index in [-0.39, 0.29) is 0 Å². The van der Waals surface area contributed by atoms with E-state index in [1.165, 1.54) is 0 Å². The number of methoxy groups -OCH3 is 1. The van der Waals surface area contributed by atoms with E-state index in [2.05, 4.69) is 4.98 Å². The highest BCUT2D eigenvalue weighted by Crippen LogP contribution is 2.10. The monoisotopic (exact) mass is 172 g/mol. The Morgan fingerprint density at radius 1 is 1.73 bits per heavy atom. The van der Waals surface area contributed by atoms with Crippen molar-refractivity contribution in [2.24, 2.45) is 5.73 Å². The van der Waals surface area contributed by atoms with Gasteiger partial charge in [0, 0.05) is 18.9 Å². The lowest BCUT2D eigenvalue weighted by atomic mass is 10.3. The van der Waals surface area contributed by atoms with E-state index < -0.39 is 0 Å². The smallest absolute Gasteiger partial charge is 0.119 e. The zero-order valence-electron chi connectivity index (χ0n) is 6.54.